The normalized spacial score (nSPS) is 16.0. The third-order valence-corrected chi connectivity index (χ3v) is 4.89. The molecule has 2 aromatic rings. The maximum absolute atomic E-state index is 12.6. The molecule has 0 unspecified atom stereocenters. The summed E-state index contributed by atoms with van der Waals surface area (Å²) in [5.41, 5.74) is 1.77. The number of hydrogen-bond donors (Lipinski definition) is 1. The Balaban J connectivity index is 1.37. The van der Waals surface area contributed by atoms with Crippen LogP contribution < -0.4 is 4.74 Å². The van der Waals surface area contributed by atoms with Gasteiger partial charge in [-0.1, -0.05) is 30.3 Å². The third-order valence-electron chi connectivity index (χ3n) is 4.89. The molecule has 3 rings (SSSR count). The van der Waals surface area contributed by atoms with Gasteiger partial charge in [0.1, 0.15) is 5.75 Å². The minimum absolute atomic E-state index is 0.0362. The molecule has 1 aliphatic heterocycles. The number of piperazine rings is 1. The molecule has 150 valence electrons. The number of aliphatic hydroxyl groups is 1. The van der Waals surface area contributed by atoms with Gasteiger partial charge in [-0.15, -0.1) is 0 Å². The summed E-state index contributed by atoms with van der Waals surface area (Å²) < 4.78 is 10.7. The van der Waals surface area contributed by atoms with E-state index < -0.39 is 6.10 Å². The first-order valence-corrected chi connectivity index (χ1v) is 9.61. The van der Waals surface area contributed by atoms with Gasteiger partial charge in [0.05, 0.1) is 26.4 Å². The minimum atomic E-state index is -0.535. The quantitative estimate of drug-likeness (QED) is 0.755. The van der Waals surface area contributed by atoms with Crippen LogP contribution in [0.15, 0.2) is 54.6 Å². The Bertz CT molecular complexity index is 728. The van der Waals surface area contributed by atoms with E-state index >= 15 is 0 Å². The Hall–Kier alpha value is -2.41. The van der Waals surface area contributed by atoms with Crippen molar-refractivity contribution in [3.63, 3.8) is 0 Å². The lowest BCUT2D eigenvalue weighted by Gasteiger charge is -2.35. The van der Waals surface area contributed by atoms with Crippen molar-refractivity contribution in [3.05, 3.63) is 65.7 Å². The highest BCUT2D eigenvalue weighted by atomic mass is 16.5. The molecule has 1 fully saturated rings. The second kappa shape index (κ2) is 10.2. The molecule has 0 aromatic heterocycles. The fourth-order valence-electron chi connectivity index (χ4n) is 3.29. The molecule has 1 atom stereocenters. The van der Waals surface area contributed by atoms with E-state index in [0.29, 0.717) is 38.4 Å². The molecular weight excluding hydrogens is 356 g/mol. The standard InChI is InChI=1S/C22H28N2O4/c1-27-21-9-7-19(8-10-21)22(26)24-13-11-23(12-14-24)15-20(25)17-28-16-18-5-3-2-4-6-18/h2-10,20,25H,11-17H2,1H3/t20-/m1/s1. The van der Waals surface area contributed by atoms with Crippen molar-refractivity contribution in [2.45, 2.75) is 12.7 Å². The van der Waals surface area contributed by atoms with Crippen molar-refractivity contribution in [1.82, 2.24) is 9.80 Å². The highest BCUT2D eigenvalue weighted by Crippen LogP contribution is 2.14. The number of carbonyl (C=O) groups excluding carboxylic acids is 1. The fraction of sp³-hybridized carbons (Fsp3) is 0.409. The Kier molecular flexibility index (Phi) is 7.42. The van der Waals surface area contributed by atoms with Crippen LogP contribution in [0.4, 0.5) is 0 Å². The number of ether oxygens (including phenoxy) is 2. The van der Waals surface area contributed by atoms with E-state index in [4.69, 9.17) is 9.47 Å². The lowest BCUT2D eigenvalue weighted by Crippen LogP contribution is -2.50. The Morgan fingerprint density at radius 1 is 1.04 bits per heavy atom. The van der Waals surface area contributed by atoms with Crippen molar-refractivity contribution in [3.8, 4) is 5.75 Å². The second-order valence-electron chi connectivity index (χ2n) is 6.98. The van der Waals surface area contributed by atoms with Crippen LogP contribution in [0.2, 0.25) is 0 Å². The van der Waals surface area contributed by atoms with Crippen LogP contribution in [-0.2, 0) is 11.3 Å². The number of amides is 1. The van der Waals surface area contributed by atoms with E-state index in [0.717, 1.165) is 24.4 Å². The van der Waals surface area contributed by atoms with Crippen molar-refractivity contribution in [1.29, 1.82) is 0 Å². The van der Waals surface area contributed by atoms with Crippen molar-refractivity contribution in [2.24, 2.45) is 0 Å². The Labute approximate surface area is 166 Å². The minimum Gasteiger partial charge on any atom is -0.497 e. The maximum atomic E-state index is 12.6. The molecule has 1 aliphatic rings. The van der Waals surface area contributed by atoms with Gasteiger partial charge >= 0.3 is 0 Å². The lowest BCUT2D eigenvalue weighted by atomic mass is 10.1. The number of methoxy groups -OCH3 is 1. The molecular formula is C22H28N2O4. The molecule has 28 heavy (non-hydrogen) atoms. The zero-order valence-electron chi connectivity index (χ0n) is 16.3. The number of aliphatic hydroxyl groups excluding tert-OH is 1. The van der Waals surface area contributed by atoms with Crippen molar-refractivity contribution < 1.29 is 19.4 Å². The van der Waals surface area contributed by atoms with Crippen LogP contribution in [0, 0.1) is 0 Å². The summed E-state index contributed by atoms with van der Waals surface area (Å²) in [6.07, 6.45) is -0.535. The van der Waals surface area contributed by atoms with Crippen LogP contribution in [0.5, 0.6) is 5.75 Å². The molecule has 1 N–H and O–H groups in total. The molecule has 0 bridgehead atoms. The zero-order chi connectivity index (χ0) is 19.8. The van der Waals surface area contributed by atoms with E-state index in [1.165, 1.54) is 0 Å². The highest BCUT2D eigenvalue weighted by Gasteiger charge is 2.23. The van der Waals surface area contributed by atoms with Gasteiger partial charge in [0, 0.05) is 38.3 Å². The number of rotatable bonds is 8. The predicted octanol–water partition coefficient (Wildman–Crippen LogP) is 2.03. The van der Waals surface area contributed by atoms with Gasteiger partial charge in [-0.2, -0.15) is 0 Å². The molecule has 6 heteroatoms. The highest BCUT2D eigenvalue weighted by molar-refractivity contribution is 5.94. The van der Waals surface area contributed by atoms with Crippen LogP contribution in [0.1, 0.15) is 15.9 Å². The zero-order valence-corrected chi connectivity index (χ0v) is 16.3. The fourth-order valence-corrected chi connectivity index (χ4v) is 3.29. The summed E-state index contributed by atoms with van der Waals surface area (Å²) in [5, 5.41) is 10.2. The average molecular weight is 384 g/mol. The first-order valence-electron chi connectivity index (χ1n) is 9.61. The Morgan fingerprint density at radius 3 is 2.36 bits per heavy atom. The summed E-state index contributed by atoms with van der Waals surface area (Å²) in [6.45, 7) is 4.17. The summed E-state index contributed by atoms with van der Waals surface area (Å²) in [4.78, 5) is 16.6. The van der Waals surface area contributed by atoms with Gasteiger partial charge in [-0.05, 0) is 29.8 Å². The third kappa shape index (κ3) is 5.79. The lowest BCUT2D eigenvalue weighted by molar-refractivity contribution is 0.00206. The van der Waals surface area contributed by atoms with Gasteiger partial charge in [-0.25, -0.2) is 0 Å². The summed E-state index contributed by atoms with van der Waals surface area (Å²) >= 11 is 0. The number of β-amino-alcohol motifs (C(OH)–C–C–N with tert-alkyl or cyclic N) is 1. The monoisotopic (exact) mass is 384 g/mol. The maximum Gasteiger partial charge on any atom is 0.253 e. The average Bonchev–Trinajstić information content (AvgIpc) is 2.74. The van der Waals surface area contributed by atoms with Crippen LogP contribution in [0.3, 0.4) is 0 Å². The smallest absolute Gasteiger partial charge is 0.253 e. The molecule has 0 radical (unpaired) electrons. The van der Waals surface area contributed by atoms with Crippen LogP contribution in [0.25, 0.3) is 0 Å². The number of benzene rings is 2. The molecule has 1 amide bonds. The molecule has 1 saturated heterocycles. The van der Waals surface area contributed by atoms with E-state index in [1.807, 2.05) is 35.2 Å². The predicted molar refractivity (Wildman–Crippen MR) is 107 cm³/mol. The van der Waals surface area contributed by atoms with E-state index in [-0.39, 0.29) is 5.91 Å². The Morgan fingerprint density at radius 2 is 1.71 bits per heavy atom. The first kappa shape index (κ1) is 20.3. The molecule has 1 heterocycles. The van der Waals surface area contributed by atoms with Crippen LogP contribution in [-0.4, -0.2) is 73.4 Å². The number of carbonyl (C=O) groups is 1. The summed E-state index contributed by atoms with van der Waals surface area (Å²) in [7, 11) is 1.61. The van der Waals surface area contributed by atoms with Crippen molar-refractivity contribution in [2.75, 3.05) is 46.4 Å². The van der Waals surface area contributed by atoms with E-state index in [1.54, 1.807) is 31.4 Å². The molecule has 0 aliphatic carbocycles. The largest absolute Gasteiger partial charge is 0.497 e. The SMILES string of the molecule is COc1ccc(C(=O)N2CCN(C[C@@H](O)COCc3ccccc3)CC2)cc1. The first-order chi connectivity index (χ1) is 13.7. The number of hydrogen-bond acceptors (Lipinski definition) is 5. The molecule has 0 spiro atoms. The van der Waals surface area contributed by atoms with Crippen LogP contribution >= 0.6 is 0 Å². The van der Waals surface area contributed by atoms with E-state index in [2.05, 4.69) is 4.90 Å². The molecule has 2 aromatic carbocycles. The van der Waals surface area contributed by atoms with E-state index in [9.17, 15) is 9.90 Å². The van der Waals surface area contributed by atoms with Gasteiger partial charge in [0.2, 0.25) is 0 Å². The van der Waals surface area contributed by atoms with Gasteiger partial charge in [-0.3, -0.25) is 9.69 Å². The van der Waals surface area contributed by atoms with Gasteiger partial charge in [0.25, 0.3) is 5.91 Å². The second-order valence-corrected chi connectivity index (χ2v) is 6.98. The molecule has 6 nitrogen and oxygen atoms in total. The number of nitrogens with zero attached hydrogens (tertiary/aromatic N) is 2. The summed E-state index contributed by atoms with van der Waals surface area (Å²) in [5.74, 6) is 0.777. The topological polar surface area (TPSA) is 62.2 Å². The van der Waals surface area contributed by atoms with Gasteiger partial charge in [0.15, 0.2) is 0 Å². The van der Waals surface area contributed by atoms with Crippen molar-refractivity contribution >= 4 is 5.91 Å². The molecule has 0 saturated carbocycles. The van der Waals surface area contributed by atoms with Gasteiger partial charge < -0.3 is 19.5 Å². The summed E-state index contributed by atoms with van der Waals surface area (Å²) in [6, 6.07) is 17.1.